The van der Waals surface area contributed by atoms with Crippen molar-refractivity contribution in [2.75, 3.05) is 5.75 Å². The molecule has 0 spiro atoms. The lowest BCUT2D eigenvalue weighted by Crippen LogP contribution is -2.21. The van der Waals surface area contributed by atoms with Crippen LogP contribution in [0.1, 0.15) is 37.9 Å². The Kier molecular flexibility index (Phi) is 9.11. The Bertz CT molecular complexity index is 650. The van der Waals surface area contributed by atoms with Crippen molar-refractivity contribution in [3.8, 4) is 12.3 Å². The third-order valence-corrected chi connectivity index (χ3v) is 3.43. The summed E-state index contributed by atoms with van der Waals surface area (Å²) in [4.78, 5) is 0. The van der Waals surface area contributed by atoms with Crippen LogP contribution in [0.4, 0.5) is 0 Å². The van der Waals surface area contributed by atoms with Gasteiger partial charge in [0.15, 0.2) is 0 Å². The summed E-state index contributed by atoms with van der Waals surface area (Å²) in [5.41, 5.74) is 7.90. The number of terminal acetylenes is 1. The number of rotatable bonds is 5. The highest BCUT2D eigenvalue weighted by Crippen LogP contribution is 2.18. The minimum atomic E-state index is -4.09. The average molecular weight is 321 g/mol. The highest BCUT2D eigenvalue weighted by molar-refractivity contribution is 7.85. The molecule has 0 bridgehead atoms. The maximum atomic E-state index is 10.8. The van der Waals surface area contributed by atoms with Crippen LogP contribution in [0.5, 0.6) is 0 Å². The van der Waals surface area contributed by atoms with Crippen molar-refractivity contribution in [3.05, 3.63) is 53.6 Å². The largest absolute Gasteiger partial charge is 0.323 e. The van der Waals surface area contributed by atoms with E-state index in [1.54, 1.807) is 24.3 Å². The van der Waals surface area contributed by atoms with Gasteiger partial charge in [-0.15, -0.1) is 6.42 Å². The van der Waals surface area contributed by atoms with Crippen molar-refractivity contribution in [2.24, 2.45) is 5.73 Å². The Morgan fingerprint density at radius 2 is 1.91 bits per heavy atom. The Balaban J connectivity index is 0.00000211. The van der Waals surface area contributed by atoms with Crippen molar-refractivity contribution < 1.29 is 13.0 Å². The van der Waals surface area contributed by atoms with Crippen LogP contribution in [0.2, 0.25) is 0 Å². The Labute approximate surface area is 133 Å². The van der Waals surface area contributed by atoms with E-state index in [0.29, 0.717) is 5.56 Å². The molecule has 0 amide bonds. The number of nitrogens with two attached hydrogens (primary N) is 1. The van der Waals surface area contributed by atoms with Crippen molar-refractivity contribution >= 4 is 15.7 Å². The highest BCUT2D eigenvalue weighted by Gasteiger charge is 2.14. The smallest absolute Gasteiger partial charge is 0.266 e. The number of hydrogen-bond donors (Lipinski definition) is 2. The van der Waals surface area contributed by atoms with Crippen LogP contribution in [0.25, 0.3) is 5.57 Å². The maximum absolute atomic E-state index is 10.8. The molecule has 120 valence electrons. The van der Waals surface area contributed by atoms with E-state index in [9.17, 15) is 8.42 Å². The van der Waals surface area contributed by atoms with Gasteiger partial charge in [-0.3, -0.25) is 4.55 Å². The van der Waals surface area contributed by atoms with E-state index in [1.807, 2.05) is 39.0 Å². The second kappa shape index (κ2) is 9.96. The zero-order valence-corrected chi connectivity index (χ0v) is 14.0. The Hall–Kier alpha value is -1.87. The van der Waals surface area contributed by atoms with Gasteiger partial charge in [-0.25, -0.2) is 0 Å². The summed E-state index contributed by atoms with van der Waals surface area (Å²) in [6, 6.07) is 6.17. The lowest BCUT2D eigenvalue weighted by molar-refractivity contribution is 0.478. The van der Waals surface area contributed by atoms with Crippen molar-refractivity contribution in [1.82, 2.24) is 0 Å². The number of hydrogen-bond acceptors (Lipinski definition) is 3. The number of benzene rings is 1. The summed E-state index contributed by atoms with van der Waals surface area (Å²) in [7, 11) is -4.09. The molecule has 1 aromatic rings. The molecule has 5 heteroatoms. The molecule has 0 heterocycles. The van der Waals surface area contributed by atoms with E-state index >= 15 is 0 Å². The molecule has 0 radical (unpaired) electrons. The molecule has 0 aliphatic carbocycles. The molecule has 4 nitrogen and oxygen atoms in total. The summed E-state index contributed by atoms with van der Waals surface area (Å²) in [6.07, 6.45) is 11.0. The monoisotopic (exact) mass is 321 g/mol. The van der Waals surface area contributed by atoms with Gasteiger partial charge < -0.3 is 5.73 Å². The molecule has 0 aliphatic heterocycles. The average Bonchev–Trinajstić information content (AvgIpc) is 2.49. The minimum absolute atomic E-state index is 0.511. The van der Waals surface area contributed by atoms with Crippen LogP contribution < -0.4 is 5.73 Å². The van der Waals surface area contributed by atoms with E-state index in [1.165, 1.54) is 0 Å². The second-order valence-electron chi connectivity index (χ2n) is 4.23. The standard InChI is InChI=1S/C15H17NO3S.C2H6/c1-3-5-6-12(4-2)13-7-9-14(10-8-13)15(16)11-20(17,18)19;1-2/h2-3,5-10,15H,11,16H2,1H3,(H,17,18,19);1-2H3/b5-3-,12-6+;. The first-order valence-corrected chi connectivity index (χ1v) is 8.59. The fraction of sp³-hybridized carbons (Fsp3) is 0.294. The van der Waals surface area contributed by atoms with Crippen LogP contribution in [0.15, 0.2) is 42.5 Å². The predicted octanol–water partition coefficient (Wildman–Crippen LogP) is 3.19. The van der Waals surface area contributed by atoms with Gasteiger partial charge in [0.1, 0.15) is 0 Å². The molecule has 1 rings (SSSR count). The van der Waals surface area contributed by atoms with Crippen LogP contribution in [0.3, 0.4) is 0 Å². The first kappa shape index (κ1) is 20.1. The molecule has 22 heavy (non-hydrogen) atoms. The van der Waals surface area contributed by atoms with Gasteiger partial charge in [-0.2, -0.15) is 8.42 Å². The van der Waals surface area contributed by atoms with Crippen LogP contribution in [-0.4, -0.2) is 18.7 Å². The van der Waals surface area contributed by atoms with Crippen molar-refractivity contribution in [1.29, 1.82) is 0 Å². The molecular formula is C17H23NO3S. The molecule has 0 aliphatic rings. The van der Waals surface area contributed by atoms with E-state index in [-0.39, 0.29) is 0 Å². The quantitative estimate of drug-likeness (QED) is 0.496. The zero-order valence-electron chi connectivity index (χ0n) is 13.2. The molecule has 1 atom stereocenters. The summed E-state index contributed by atoms with van der Waals surface area (Å²) in [5, 5.41) is 0. The van der Waals surface area contributed by atoms with E-state index in [2.05, 4.69) is 5.92 Å². The molecule has 1 unspecified atom stereocenters. The van der Waals surface area contributed by atoms with Crippen molar-refractivity contribution in [2.45, 2.75) is 26.8 Å². The normalized spacial score (nSPS) is 13.2. The first-order chi connectivity index (χ1) is 10.4. The van der Waals surface area contributed by atoms with Crippen molar-refractivity contribution in [3.63, 3.8) is 0 Å². The van der Waals surface area contributed by atoms with Crippen LogP contribution >= 0.6 is 0 Å². The molecule has 3 N–H and O–H groups in total. The number of allylic oxidation sites excluding steroid dienone is 4. The third kappa shape index (κ3) is 7.23. The van der Waals surface area contributed by atoms with Gasteiger partial charge in [0, 0.05) is 11.6 Å². The minimum Gasteiger partial charge on any atom is -0.323 e. The second-order valence-corrected chi connectivity index (χ2v) is 5.72. The zero-order chi connectivity index (χ0) is 17.2. The third-order valence-electron chi connectivity index (χ3n) is 2.65. The van der Waals surface area contributed by atoms with E-state index in [4.69, 9.17) is 16.7 Å². The lowest BCUT2D eigenvalue weighted by Gasteiger charge is -2.10. The maximum Gasteiger partial charge on any atom is 0.266 e. The first-order valence-electron chi connectivity index (χ1n) is 6.98. The topological polar surface area (TPSA) is 80.4 Å². The molecule has 0 aromatic heterocycles. The molecule has 0 saturated carbocycles. The summed E-state index contributed by atoms with van der Waals surface area (Å²) >= 11 is 0. The lowest BCUT2D eigenvalue weighted by atomic mass is 10.0. The van der Waals surface area contributed by atoms with Gasteiger partial charge >= 0.3 is 0 Å². The van der Waals surface area contributed by atoms with Gasteiger partial charge in [0.05, 0.1) is 5.75 Å². The molecular weight excluding hydrogens is 298 g/mol. The molecule has 1 aromatic carbocycles. The molecule has 0 saturated heterocycles. The fourth-order valence-electron chi connectivity index (χ4n) is 1.65. The molecule has 0 fully saturated rings. The summed E-state index contributed by atoms with van der Waals surface area (Å²) < 4.78 is 30.4. The Morgan fingerprint density at radius 1 is 1.36 bits per heavy atom. The highest BCUT2D eigenvalue weighted by atomic mass is 32.2. The van der Waals surface area contributed by atoms with Crippen LogP contribution in [0, 0.1) is 12.3 Å². The van der Waals surface area contributed by atoms with Gasteiger partial charge in [-0.1, -0.05) is 56.2 Å². The van der Waals surface area contributed by atoms with Gasteiger partial charge in [-0.05, 0) is 24.1 Å². The van der Waals surface area contributed by atoms with Gasteiger partial charge in [0.2, 0.25) is 0 Å². The summed E-state index contributed by atoms with van der Waals surface area (Å²) in [6.45, 7) is 5.89. The van der Waals surface area contributed by atoms with Crippen LogP contribution in [-0.2, 0) is 10.1 Å². The SMILES string of the molecule is C#C/C(=C\C=C/C)c1ccc(C(N)CS(=O)(=O)O)cc1.CC. The Morgan fingerprint density at radius 3 is 2.32 bits per heavy atom. The predicted molar refractivity (Wildman–Crippen MR) is 92.8 cm³/mol. The van der Waals surface area contributed by atoms with E-state index < -0.39 is 21.9 Å². The fourth-order valence-corrected chi connectivity index (χ4v) is 2.30. The van der Waals surface area contributed by atoms with Gasteiger partial charge in [0.25, 0.3) is 10.1 Å². The summed E-state index contributed by atoms with van der Waals surface area (Å²) in [5.74, 6) is 2.07. The van der Waals surface area contributed by atoms with E-state index in [0.717, 1.165) is 11.1 Å².